The minimum atomic E-state index is 0.304. The molecule has 4 rings (SSSR count). The normalized spacial score (nSPS) is 11.3. The molecule has 0 aliphatic carbocycles. The highest BCUT2D eigenvalue weighted by atomic mass is 16.7. The number of rotatable bonds is 2. The van der Waals surface area contributed by atoms with Gasteiger partial charge in [0, 0.05) is 23.5 Å². The average molecular weight is 322 g/mol. The third-order valence-corrected chi connectivity index (χ3v) is 3.23. The highest BCUT2D eigenvalue weighted by Gasteiger charge is 2.11. The number of para-hydroxylation sites is 1. The Hall–Kier alpha value is -3.34. The Morgan fingerprint density at radius 3 is 2.17 bits per heavy atom. The van der Waals surface area contributed by atoms with Gasteiger partial charge in [0.05, 0.1) is 0 Å². The van der Waals surface area contributed by atoms with Gasteiger partial charge in [-0.2, -0.15) is 0 Å². The van der Waals surface area contributed by atoms with Crippen LogP contribution in [0.1, 0.15) is 0 Å². The molecule has 0 aromatic heterocycles. The number of nitrogen functional groups attached to an aromatic ring is 2. The van der Waals surface area contributed by atoms with Gasteiger partial charge < -0.3 is 25.7 Å². The Kier molecular flexibility index (Phi) is 4.72. The second-order valence-corrected chi connectivity index (χ2v) is 5.10. The number of hydrogen-bond donors (Lipinski definition) is 2. The quantitative estimate of drug-likeness (QED) is 0.696. The molecular formula is C19H18N2O3. The SMILES string of the molecule is Nc1ccc2c(c1)OCO2.Nc1cccc(Oc2ccccc2)c1. The van der Waals surface area contributed by atoms with E-state index in [9.17, 15) is 0 Å². The van der Waals surface area contributed by atoms with Crippen molar-refractivity contribution in [1.29, 1.82) is 0 Å². The van der Waals surface area contributed by atoms with E-state index in [-0.39, 0.29) is 0 Å². The predicted molar refractivity (Wildman–Crippen MR) is 94.3 cm³/mol. The molecule has 0 saturated carbocycles. The van der Waals surface area contributed by atoms with Gasteiger partial charge in [-0.1, -0.05) is 24.3 Å². The lowest BCUT2D eigenvalue weighted by molar-refractivity contribution is 0.174. The van der Waals surface area contributed by atoms with Crippen molar-refractivity contribution in [3.63, 3.8) is 0 Å². The van der Waals surface area contributed by atoms with Crippen molar-refractivity contribution in [3.8, 4) is 23.0 Å². The fourth-order valence-electron chi connectivity index (χ4n) is 2.12. The van der Waals surface area contributed by atoms with Crippen LogP contribution in [0.3, 0.4) is 0 Å². The van der Waals surface area contributed by atoms with E-state index in [1.807, 2.05) is 48.5 Å². The van der Waals surface area contributed by atoms with Crippen molar-refractivity contribution < 1.29 is 14.2 Å². The number of fused-ring (bicyclic) bond motifs is 1. The van der Waals surface area contributed by atoms with Crippen molar-refractivity contribution in [3.05, 3.63) is 72.8 Å². The molecule has 3 aromatic carbocycles. The first kappa shape index (κ1) is 15.6. The topological polar surface area (TPSA) is 79.7 Å². The van der Waals surface area contributed by atoms with Gasteiger partial charge in [-0.3, -0.25) is 0 Å². The van der Waals surface area contributed by atoms with Crippen molar-refractivity contribution >= 4 is 11.4 Å². The summed E-state index contributed by atoms with van der Waals surface area (Å²) in [6.45, 7) is 0.304. The molecule has 0 bridgehead atoms. The Morgan fingerprint density at radius 1 is 0.667 bits per heavy atom. The van der Waals surface area contributed by atoms with Gasteiger partial charge in [0.1, 0.15) is 11.5 Å². The average Bonchev–Trinajstić information content (AvgIpc) is 3.04. The Morgan fingerprint density at radius 2 is 1.38 bits per heavy atom. The van der Waals surface area contributed by atoms with E-state index in [1.54, 1.807) is 24.3 Å². The highest BCUT2D eigenvalue weighted by Crippen LogP contribution is 2.33. The second kappa shape index (κ2) is 7.28. The van der Waals surface area contributed by atoms with Crippen molar-refractivity contribution in [2.45, 2.75) is 0 Å². The minimum absolute atomic E-state index is 0.304. The van der Waals surface area contributed by atoms with E-state index in [2.05, 4.69) is 0 Å². The molecule has 5 nitrogen and oxygen atoms in total. The second-order valence-electron chi connectivity index (χ2n) is 5.10. The molecule has 0 fully saturated rings. The molecule has 1 aliphatic heterocycles. The molecule has 1 aliphatic rings. The van der Waals surface area contributed by atoms with Gasteiger partial charge in [0.25, 0.3) is 0 Å². The lowest BCUT2D eigenvalue weighted by Gasteiger charge is -2.05. The van der Waals surface area contributed by atoms with E-state index in [0.717, 1.165) is 23.0 Å². The van der Waals surface area contributed by atoms with E-state index >= 15 is 0 Å². The predicted octanol–water partition coefficient (Wildman–Crippen LogP) is 4.06. The van der Waals surface area contributed by atoms with Gasteiger partial charge in [0.2, 0.25) is 6.79 Å². The Bertz CT molecular complexity index is 807. The van der Waals surface area contributed by atoms with Gasteiger partial charge in [-0.05, 0) is 36.4 Å². The molecule has 5 heteroatoms. The molecule has 0 amide bonds. The summed E-state index contributed by atoms with van der Waals surface area (Å²) in [5.41, 5.74) is 12.5. The number of anilines is 2. The Balaban J connectivity index is 0.000000149. The summed E-state index contributed by atoms with van der Waals surface area (Å²) in [7, 11) is 0. The van der Waals surface area contributed by atoms with Crippen LogP contribution in [-0.2, 0) is 0 Å². The number of hydrogen-bond acceptors (Lipinski definition) is 5. The van der Waals surface area contributed by atoms with Crippen LogP contribution in [0.5, 0.6) is 23.0 Å². The molecule has 1 heterocycles. The number of benzene rings is 3. The van der Waals surface area contributed by atoms with Crippen LogP contribution in [0.25, 0.3) is 0 Å². The molecule has 0 radical (unpaired) electrons. The molecule has 0 spiro atoms. The van der Waals surface area contributed by atoms with E-state index < -0.39 is 0 Å². The third-order valence-electron chi connectivity index (χ3n) is 3.23. The van der Waals surface area contributed by atoms with Crippen LogP contribution in [0.2, 0.25) is 0 Å². The van der Waals surface area contributed by atoms with Crippen LogP contribution < -0.4 is 25.7 Å². The summed E-state index contributed by atoms with van der Waals surface area (Å²) in [5, 5.41) is 0. The first-order valence-electron chi connectivity index (χ1n) is 7.44. The van der Waals surface area contributed by atoms with Gasteiger partial charge >= 0.3 is 0 Å². The first-order valence-corrected chi connectivity index (χ1v) is 7.44. The van der Waals surface area contributed by atoms with Gasteiger partial charge in [-0.25, -0.2) is 0 Å². The maximum atomic E-state index is 5.63. The molecule has 3 aromatic rings. The zero-order chi connectivity index (χ0) is 16.8. The van der Waals surface area contributed by atoms with E-state index in [1.165, 1.54) is 0 Å². The van der Waals surface area contributed by atoms with Crippen LogP contribution in [-0.4, -0.2) is 6.79 Å². The van der Waals surface area contributed by atoms with Crippen molar-refractivity contribution in [2.24, 2.45) is 0 Å². The summed E-state index contributed by atoms with van der Waals surface area (Å²) in [4.78, 5) is 0. The molecule has 24 heavy (non-hydrogen) atoms. The van der Waals surface area contributed by atoms with Gasteiger partial charge in [-0.15, -0.1) is 0 Å². The zero-order valence-electron chi connectivity index (χ0n) is 13.0. The molecule has 0 atom stereocenters. The largest absolute Gasteiger partial charge is 0.457 e. The maximum absolute atomic E-state index is 5.63. The van der Waals surface area contributed by atoms with Crippen LogP contribution in [0, 0.1) is 0 Å². The molecule has 4 N–H and O–H groups in total. The number of ether oxygens (including phenoxy) is 3. The molecular weight excluding hydrogens is 304 g/mol. The summed E-state index contributed by atoms with van der Waals surface area (Å²) < 4.78 is 15.7. The monoisotopic (exact) mass is 322 g/mol. The van der Waals surface area contributed by atoms with Crippen LogP contribution in [0.4, 0.5) is 11.4 Å². The molecule has 0 saturated heterocycles. The van der Waals surface area contributed by atoms with Gasteiger partial charge in [0.15, 0.2) is 11.5 Å². The standard InChI is InChI=1S/C12H11NO.C7H7NO2/c13-10-5-4-8-12(9-10)14-11-6-2-1-3-7-11;8-5-1-2-6-7(3-5)10-4-9-6/h1-9H,13H2;1-3H,4,8H2. The lowest BCUT2D eigenvalue weighted by Crippen LogP contribution is -1.92. The van der Waals surface area contributed by atoms with E-state index in [4.69, 9.17) is 25.7 Å². The lowest BCUT2D eigenvalue weighted by atomic mass is 10.3. The number of nitrogens with two attached hydrogens (primary N) is 2. The van der Waals surface area contributed by atoms with Crippen molar-refractivity contribution in [1.82, 2.24) is 0 Å². The fraction of sp³-hybridized carbons (Fsp3) is 0.0526. The summed E-state index contributed by atoms with van der Waals surface area (Å²) in [5.74, 6) is 3.09. The smallest absolute Gasteiger partial charge is 0.231 e. The van der Waals surface area contributed by atoms with Crippen LogP contribution in [0.15, 0.2) is 72.8 Å². The summed E-state index contributed by atoms with van der Waals surface area (Å²) >= 11 is 0. The zero-order valence-corrected chi connectivity index (χ0v) is 13.0. The third kappa shape index (κ3) is 4.10. The molecule has 122 valence electrons. The molecule has 0 unspecified atom stereocenters. The minimum Gasteiger partial charge on any atom is -0.457 e. The Labute approximate surface area is 140 Å². The van der Waals surface area contributed by atoms with Crippen LogP contribution >= 0.6 is 0 Å². The summed E-state index contributed by atoms with van der Waals surface area (Å²) in [6.07, 6.45) is 0. The van der Waals surface area contributed by atoms with E-state index in [0.29, 0.717) is 18.2 Å². The first-order chi connectivity index (χ1) is 11.7. The fourth-order valence-corrected chi connectivity index (χ4v) is 2.12. The highest BCUT2D eigenvalue weighted by molar-refractivity contribution is 5.52. The summed E-state index contributed by atoms with van der Waals surface area (Å²) in [6, 6.07) is 22.3. The maximum Gasteiger partial charge on any atom is 0.231 e. The van der Waals surface area contributed by atoms with Crippen molar-refractivity contribution in [2.75, 3.05) is 18.3 Å².